The quantitative estimate of drug-likeness (QED) is 0.166. The molecule has 15 rings (SSSR count). The Morgan fingerprint density at radius 3 is 1.08 bits per heavy atom. The Bertz CT molecular complexity index is 4130. The zero-order valence-corrected chi connectivity index (χ0v) is 32.9. The summed E-state index contributed by atoms with van der Waals surface area (Å²) in [5.74, 6) is 0. The molecule has 0 aliphatic carbocycles. The summed E-state index contributed by atoms with van der Waals surface area (Å²) < 4.78 is 7.72. The van der Waals surface area contributed by atoms with Crippen LogP contribution >= 0.6 is 0 Å². The predicted octanol–water partition coefficient (Wildman–Crippen LogP) is 15.6. The Labute approximate surface area is 348 Å². The van der Waals surface area contributed by atoms with E-state index in [0.717, 1.165) is 0 Å². The number of hydrogen-bond donors (Lipinski definition) is 0. The van der Waals surface area contributed by atoms with E-state index in [-0.39, 0.29) is 0 Å². The number of para-hydroxylation sites is 3. The van der Waals surface area contributed by atoms with Gasteiger partial charge in [0.25, 0.3) is 0 Å². The Kier molecular flexibility index (Phi) is 5.90. The van der Waals surface area contributed by atoms with Crippen molar-refractivity contribution in [1.29, 1.82) is 0 Å². The third-order valence-corrected chi connectivity index (χ3v) is 13.9. The van der Waals surface area contributed by atoms with Crippen molar-refractivity contribution in [3.05, 3.63) is 200 Å². The van der Waals surface area contributed by atoms with Crippen molar-refractivity contribution in [1.82, 2.24) is 13.5 Å². The maximum Gasteiger partial charge on any atom is 0.0640 e. The van der Waals surface area contributed by atoms with Gasteiger partial charge in [0.05, 0.1) is 50.0 Å². The fraction of sp³-hybridized carbons (Fsp3) is 0. The topological polar surface area (TPSA) is 14.3 Å². The molecule has 11 aromatic carbocycles. The van der Waals surface area contributed by atoms with Crippen LogP contribution in [0.15, 0.2) is 200 Å². The number of benzene rings is 11. The predicted molar refractivity (Wildman–Crippen MR) is 260 cm³/mol. The van der Waals surface area contributed by atoms with E-state index < -0.39 is 0 Å². The highest BCUT2D eigenvalue weighted by atomic mass is 15.0. The molecule has 0 atom stereocenters. The lowest BCUT2D eigenvalue weighted by atomic mass is 9.99. The van der Waals surface area contributed by atoms with Crippen LogP contribution in [0.1, 0.15) is 0 Å². The molecule has 0 spiro atoms. The summed E-state index contributed by atoms with van der Waals surface area (Å²) in [4.78, 5) is 0. The smallest absolute Gasteiger partial charge is 0.0640 e. The molecule has 0 saturated carbocycles. The van der Waals surface area contributed by atoms with E-state index in [0.29, 0.717) is 0 Å². The summed E-state index contributed by atoms with van der Waals surface area (Å²) in [5, 5.41) is 20.2. The summed E-state index contributed by atoms with van der Waals surface area (Å²) in [7, 11) is 0. The molecule has 280 valence electrons. The second-order valence-electron chi connectivity index (χ2n) is 16.8. The second-order valence-corrected chi connectivity index (χ2v) is 16.8. The molecule has 0 aliphatic heterocycles. The first-order chi connectivity index (χ1) is 30.3. The minimum atomic E-state index is 1.22. The van der Waals surface area contributed by atoms with Crippen molar-refractivity contribution in [3.8, 4) is 11.4 Å². The summed E-state index contributed by atoms with van der Waals surface area (Å²) in [6.45, 7) is 0. The Hall–Kier alpha value is -8.14. The SMILES string of the molecule is c1ccc2c(-n3c4ccccc4c4c5ccccc5ccc43)c3c4cccc5c6c(-n7c8ccccc8c8c9ccccc9ccc87)c7ccccc7cc6n(c3cc2c1)c45. The third-order valence-electron chi connectivity index (χ3n) is 13.9. The first kappa shape index (κ1) is 31.8. The van der Waals surface area contributed by atoms with Crippen LogP contribution < -0.4 is 0 Å². The van der Waals surface area contributed by atoms with E-state index in [9.17, 15) is 0 Å². The Morgan fingerprint density at radius 2 is 0.607 bits per heavy atom. The highest BCUT2D eigenvalue weighted by Gasteiger charge is 2.27. The van der Waals surface area contributed by atoms with Crippen LogP contribution in [0.3, 0.4) is 0 Å². The molecule has 0 bridgehead atoms. The zero-order valence-electron chi connectivity index (χ0n) is 32.9. The molecule has 0 unspecified atom stereocenters. The molecule has 0 amide bonds. The highest BCUT2D eigenvalue weighted by Crippen LogP contribution is 2.50. The average Bonchev–Trinajstić information content (AvgIpc) is 4.05. The zero-order chi connectivity index (χ0) is 39.5. The molecule has 0 saturated heterocycles. The third kappa shape index (κ3) is 3.90. The maximum atomic E-state index is 2.59. The van der Waals surface area contributed by atoms with E-state index in [4.69, 9.17) is 0 Å². The van der Waals surface area contributed by atoms with Crippen molar-refractivity contribution in [2.24, 2.45) is 0 Å². The Balaban J connectivity index is 1.17. The van der Waals surface area contributed by atoms with Crippen LogP contribution in [0.4, 0.5) is 0 Å². The average molecular weight is 772 g/mol. The van der Waals surface area contributed by atoms with Gasteiger partial charge in [-0.1, -0.05) is 164 Å². The van der Waals surface area contributed by atoms with Gasteiger partial charge in [-0.2, -0.15) is 0 Å². The normalized spacial score (nSPS) is 12.6. The molecule has 0 aliphatic rings. The first-order valence-corrected chi connectivity index (χ1v) is 21.2. The van der Waals surface area contributed by atoms with Gasteiger partial charge in [0, 0.05) is 53.9 Å². The standard InChI is InChI=1S/C58H33N3/c1-5-18-38-34(14-1)28-30-48-52(38)42-22-9-11-26-46(42)59(48)57-40-20-7-3-16-36(40)32-50-54(57)44-24-13-25-45-55-51(61(50)56(44)45)33-37-17-4-8-21-41(37)58(55)60-47-27-12-10-23-43(47)53-39-19-6-2-15-35(39)29-31-49(53)60/h1-33H. The van der Waals surface area contributed by atoms with Gasteiger partial charge in [-0.3, -0.25) is 0 Å². The summed E-state index contributed by atoms with van der Waals surface area (Å²) in [6.07, 6.45) is 0. The number of nitrogens with zero attached hydrogens (tertiary/aromatic N) is 3. The van der Waals surface area contributed by atoms with Gasteiger partial charge in [-0.15, -0.1) is 0 Å². The van der Waals surface area contributed by atoms with Gasteiger partial charge in [-0.25, -0.2) is 0 Å². The number of hydrogen-bond acceptors (Lipinski definition) is 0. The highest BCUT2D eigenvalue weighted by molar-refractivity contribution is 6.32. The number of rotatable bonds is 2. The molecule has 0 radical (unpaired) electrons. The fourth-order valence-electron chi connectivity index (χ4n) is 11.5. The lowest BCUT2D eigenvalue weighted by molar-refractivity contribution is 1.21. The van der Waals surface area contributed by atoms with Crippen molar-refractivity contribution in [2.45, 2.75) is 0 Å². The molecular formula is C58H33N3. The molecule has 4 heterocycles. The van der Waals surface area contributed by atoms with E-state index in [1.807, 2.05) is 0 Å². The molecule has 15 aromatic rings. The van der Waals surface area contributed by atoms with Crippen molar-refractivity contribution < 1.29 is 0 Å². The fourth-order valence-corrected chi connectivity index (χ4v) is 11.5. The number of fused-ring (bicyclic) bond motifs is 18. The molecule has 0 fully saturated rings. The van der Waals surface area contributed by atoms with Gasteiger partial charge >= 0.3 is 0 Å². The van der Waals surface area contributed by atoms with E-state index in [1.54, 1.807) is 0 Å². The largest absolute Gasteiger partial charge is 0.308 e. The number of aromatic nitrogens is 3. The molecule has 0 N–H and O–H groups in total. The molecule has 4 aromatic heterocycles. The van der Waals surface area contributed by atoms with E-state index in [2.05, 4.69) is 214 Å². The van der Waals surface area contributed by atoms with Gasteiger partial charge in [-0.05, 0) is 68.7 Å². The van der Waals surface area contributed by atoms with Crippen molar-refractivity contribution >= 4 is 125 Å². The van der Waals surface area contributed by atoms with Gasteiger partial charge in [0.1, 0.15) is 0 Å². The van der Waals surface area contributed by atoms with Crippen molar-refractivity contribution in [2.75, 3.05) is 0 Å². The molecule has 3 heteroatoms. The van der Waals surface area contributed by atoms with Crippen LogP contribution in [0, 0.1) is 0 Å². The van der Waals surface area contributed by atoms with Gasteiger partial charge in [0.15, 0.2) is 0 Å². The van der Waals surface area contributed by atoms with Crippen LogP contribution in [0.5, 0.6) is 0 Å². The maximum absolute atomic E-state index is 2.59. The molecular weight excluding hydrogens is 739 g/mol. The van der Waals surface area contributed by atoms with E-state index in [1.165, 1.54) is 136 Å². The summed E-state index contributed by atoms with van der Waals surface area (Å²) in [6, 6.07) is 74.7. The van der Waals surface area contributed by atoms with Crippen LogP contribution in [-0.4, -0.2) is 13.5 Å². The van der Waals surface area contributed by atoms with Crippen molar-refractivity contribution in [3.63, 3.8) is 0 Å². The molecule has 3 nitrogen and oxygen atoms in total. The summed E-state index contributed by atoms with van der Waals surface area (Å²) >= 11 is 0. The van der Waals surface area contributed by atoms with E-state index >= 15 is 0 Å². The van der Waals surface area contributed by atoms with Crippen LogP contribution in [0.2, 0.25) is 0 Å². The monoisotopic (exact) mass is 771 g/mol. The Morgan fingerprint density at radius 1 is 0.230 bits per heavy atom. The second kappa shape index (κ2) is 11.3. The van der Waals surface area contributed by atoms with Gasteiger partial charge in [0.2, 0.25) is 0 Å². The van der Waals surface area contributed by atoms with Crippen LogP contribution in [-0.2, 0) is 0 Å². The van der Waals surface area contributed by atoms with Gasteiger partial charge < -0.3 is 13.5 Å². The van der Waals surface area contributed by atoms with Crippen LogP contribution in [0.25, 0.3) is 136 Å². The lowest BCUT2D eigenvalue weighted by Crippen LogP contribution is -1.98. The lowest BCUT2D eigenvalue weighted by Gasteiger charge is -2.16. The summed E-state index contributed by atoms with van der Waals surface area (Å²) in [5.41, 5.74) is 11.0. The first-order valence-electron chi connectivity index (χ1n) is 21.2. The minimum Gasteiger partial charge on any atom is -0.308 e. The molecule has 61 heavy (non-hydrogen) atoms. The minimum absolute atomic E-state index is 1.22.